The summed E-state index contributed by atoms with van der Waals surface area (Å²) in [6.45, 7) is 2.10. The first-order valence-electron chi connectivity index (χ1n) is 4.60. The van der Waals surface area contributed by atoms with Crippen LogP contribution in [-0.2, 0) is 17.1 Å². The Hall–Kier alpha value is -0.821. The van der Waals surface area contributed by atoms with E-state index in [2.05, 4.69) is 60.4 Å². The van der Waals surface area contributed by atoms with Crippen LogP contribution >= 0.6 is 0 Å². The van der Waals surface area contributed by atoms with Gasteiger partial charge in [-0.3, -0.25) is 0 Å². The molecule has 0 aliphatic carbocycles. The van der Waals surface area contributed by atoms with E-state index in [1.807, 2.05) is 14.1 Å². The Labute approximate surface area is 109 Å². The molecule has 2 rings (SSSR count). The Morgan fingerprint density at radius 1 is 1.00 bits per heavy atom. The van der Waals surface area contributed by atoms with Crippen molar-refractivity contribution in [2.45, 2.75) is 13.0 Å². The van der Waals surface area contributed by atoms with Crippen molar-refractivity contribution >= 4 is 0 Å². The maximum atomic E-state index is 2.94. The SMILES string of the molecule is CC([c-]1[c-][c-][c-][c-]1)N(C)C.[Fe+2].[c-]1[c-][c-][cH-][c-]1. The van der Waals surface area contributed by atoms with Gasteiger partial charge in [0.25, 0.3) is 0 Å². The molecular formula is C14H11FeN-8. The first-order valence-corrected chi connectivity index (χ1v) is 4.60. The average molecular weight is 249 g/mol. The molecule has 0 saturated heterocycles. The molecule has 88 valence electrons. The predicted molar refractivity (Wildman–Crippen MR) is 56.9 cm³/mol. The van der Waals surface area contributed by atoms with E-state index in [-0.39, 0.29) is 17.1 Å². The van der Waals surface area contributed by atoms with Crippen LogP contribution in [0.15, 0.2) is 6.07 Å². The topological polar surface area (TPSA) is 3.24 Å². The number of nitrogens with zero attached hydrogens (tertiary/aromatic N) is 1. The first kappa shape index (κ1) is 15.2. The summed E-state index contributed by atoms with van der Waals surface area (Å²) in [5.74, 6) is 0. The molecule has 0 radical (unpaired) electrons. The zero-order valence-electron chi connectivity index (χ0n) is 9.46. The van der Waals surface area contributed by atoms with Gasteiger partial charge in [0.2, 0.25) is 0 Å². The van der Waals surface area contributed by atoms with Crippen LogP contribution in [0.25, 0.3) is 0 Å². The van der Waals surface area contributed by atoms with Gasteiger partial charge < -0.3 is 65.1 Å². The Morgan fingerprint density at radius 3 is 1.81 bits per heavy atom. The molecule has 0 bridgehead atoms. The summed E-state index contributed by atoms with van der Waals surface area (Å²) < 4.78 is 0. The van der Waals surface area contributed by atoms with Crippen molar-refractivity contribution in [3.63, 3.8) is 0 Å². The van der Waals surface area contributed by atoms with Crippen LogP contribution in [0.3, 0.4) is 0 Å². The molecule has 0 amide bonds. The van der Waals surface area contributed by atoms with Gasteiger partial charge in [-0.25, -0.2) is 0 Å². The molecule has 1 nitrogen and oxygen atoms in total. The van der Waals surface area contributed by atoms with Crippen LogP contribution in [0.4, 0.5) is 0 Å². The molecule has 0 aliphatic heterocycles. The van der Waals surface area contributed by atoms with E-state index in [1.54, 1.807) is 6.07 Å². The van der Waals surface area contributed by atoms with E-state index in [9.17, 15) is 0 Å². The second-order valence-electron chi connectivity index (χ2n) is 3.24. The van der Waals surface area contributed by atoms with Gasteiger partial charge >= 0.3 is 17.1 Å². The largest absolute Gasteiger partial charge is 2.00 e. The zero-order chi connectivity index (χ0) is 11.1. The van der Waals surface area contributed by atoms with Crippen molar-refractivity contribution in [2.24, 2.45) is 0 Å². The summed E-state index contributed by atoms with van der Waals surface area (Å²) in [4.78, 5) is 2.10. The Kier molecular flexibility index (Phi) is 7.92. The fourth-order valence-electron chi connectivity index (χ4n) is 0.876. The maximum absolute atomic E-state index is 2.94. The van der Waals surface area contributed by atoms with Gasteiger partial charge in [-0.05, 0) is 14.1 Å². The normalized spacial score (nSPS) is 11.2. The van der Waals surface area contributed by atoms with E-state index in [4.69, 9.17) is 0 Å². The van der Waals surface area contributed by atoms with E-state index in [1.165, 1.54) is 0 Å². The number of rotatable bonds is 2. The quantitative estimate of drug-likeness (QED) is 0.579. The van der Waals surface area contributed by atoms with Crippen molar-refractivity contribution < 1.29 is 17.1 Å². The molecule has 2 heteroatoms. The molecule has 0 spiro atoms. The summed E-state index contributed by atoms with van der Waals surface area (Å²) in [5, 5.41) is 0. The fourth-order valence-corrected chi connectivity index (χ4v) is 0.876. The molecule has 1 atom stereocenters. The van der Waals surface area contributed by atoms with Gasteiger partial charge in [-0.1, -0.05) is 6.92 Å². The van der Waals surface area contributed by atoms with Crippen LogP contribution in [0.5, 0.6) is 0 Å². The summed E-state index contributed by atoms with van der Waals surface area (Å²) >= 11 is 0. The van der Waals surface area contributed by atoms with Crippen LogP contribution in [-0.4, -0.2) is 19.0 Å². The molecule has 0 aliphatic rings. The second-order valence-corrected chi connectivity index (χ2v) is 3.24. The average Bonchev–Trinajstić information content (AvgIpc) is 2.92. The standard InChI is InChI=1S/C9H10N.C5H.Fe/c1-8(10(2)3)9-6-4-5-7-9;1-2-4-5-3-1;/h8H,1-3H3;1H;/q2*-5;+2. The molecule has 0 N–H and O–H groups in total. The third-order valence-corrected chi connectivity index (χ3v) is 2.00. The van der Waals surface area contributed by atoms with Crippen molar-refractivity contribution in [1.29, 1.82) is 0 Å². The van der Waals surface area contributed by atoms with Crippen LogP contribution < -0.4 is 0 Å². The predicted octanol–water partition coefficient (Wildman–Crippen LogP) is 1.83. The summed E-state index contributed by atoms with van der Waals surface area (Å²) in [6.07, 6.45) is 0. The summed E-state index contributed by atoms with van der Waals surface area (Å²) in [7, 11) is 4.05. The van der Waals surface area contributed by atoms with Crippen molar-refractivity contribution in [1.82, 2.24) is 4.90 Å². The number of hydrogen-bond acceptors (Lipinski definition) is 1. The Bertz CT molecular complexity index is 304. The fraction of sp³-hybridized carbons (Fsp3) is 0.286. The van der Waals surface area contributed by atoms with E-state index in [0.29, 0.717) is 6.04 Å². The Balaban J connectivity index is 0.000000318. The molecule has 16 heavy (non-hydrogen) atoms. The number of hydrogen-bond donors (Lipinski definition) is 0. The molecule has 2 aromatic carbocycles. The molecule has 0 saturated carbocycles. The van der Waals surface area contributed by atoms with E-state index >= 15 is 0 Å². The van der Waals surface area contributed by atoms with Gasteiger partial charge in [0.05, 0.1) is 0 Å². The molecule has 0 aromatic heterocycles. The van der Waals surface area contributed by atoms with Crippen molar-refractivity contribution in [2.75, 3.05) is 14.1 Å². The molecule has 0 fully saturated rings. The minimum Gasteiger partial charge on any atom is -0.999 e. The third-order valence-electron chi connectivity index (χ3n) is 2.00. The van der Waals surface area contributed by atoms with Crippen LogP contribution in [0.2, 0.25) is 0 Å². The van der Waals surface area contributed by atoms with Gasteiger partial charge in [-0.2, -0.15) is 6.04 Å². The summed E-state index contributed by atoms with van der Waals surface area (Å²) in [5.41, 5.74) is 1.03. The molecular weight excluding hydrogens is 238 g/mol. The first-order chi connectivity index (χ1) is 7.22. The van der Waals surface area contributed by atoms with Gasteiger partial charge in [0.1, 0.15) is 0 Å². The summed E-state index contributed by atoms with van der Waals surface area (Å²) in [6, 6.07) is 23.7. The van der Waals surface area contributed by atoms with Crippen LogP contribution in [0, 0.1) is 48.5 Å². The third kappa shape index (κ3) is 5.31. The zero-order valence-corrected chi connectivity index (χ0v) is 10.6. The molecule has 1 unspecified atom stereocenters. The van der Waals surface area contributed by atoms with Gasteiger partial charge in [0, 0.05) is 0 Å². The molecule has 0 heterocycles. The van der Waals surface area contributed by atoms with E-state index in [0.717, 1.165) is 5.56 Å². The minimum atomic E-state index is 0. The van der Waals surface area contributed by atoms with Crippen molar-refractivity contribution in [3.8, 4) is 0 Å². The maximum Gasteiger partial charge on any atom is 2.00 e. The van der Waals surface area contributed by atoms with Crippen LogP contribution in [0.1, 0.15) is 18.5 Å². The van der Waals surface area contributed by atoms with Gasteiger partial charge in [0.15, 0.2) is 0 Å². The second kappa shape index (κ2) is 8.35. The minimum absolute atomic E-state index is 0. The van der Waals surface area contributed by atoms with Crippen molar-refractivity contribution in [3.05, 3.63) is 60.2 Å². The Morgan fingerprint density at radius 2 is 1.50 bits per heavy atom. The van der Waals surface area contributed by atoms with Gasteiger partial charge in [-0.15, -0.1) is 0 Å². The molecule has 2 aromatic rings. The smallest absolute Gasteiger partial charge is 0.999 e. The monoisotopic (exact) mass is 249 g/mol. The van der Waals surface area contributed by atoms with E-state index < -0.39 is 0 Å².